The molecule has 0 saturated heterocycles. The van der Waals surface area contributed by atoms with Gasteiger partial charge in [0.1, 0.15) is 23.9 Å². The van der Waals surface area contributed by atoms with Crippen LogP contribution in [0.15, 0.2) is 24.3 Å². The number of nitrogens with one attached hydrogen (secondary N) is 3. The number of amides is 5. The van der Waals surface area contributed by atoms with Gasteiger partial charge < -0.3 is 43.4 Å². The van der Waals surface area contributed by atoms with E-state index in [-0.39, 0.29) is 25.0 Å². The first-order chi connectivity index (χ1) is 17.2. The van der Waals surface area contributed by atoms with Gasteiger partial charge in [-0.1, -0.05) is 26.0 Å². The molecular formula is C23H34N6O8. The first-order valence-corrected chi connectivity index (χ1v) is 11.4. The van der Waals surface area contributed by atoms with E-state index < -0.39 is 72.0 Å². The molecule has 37 heavy (non-hydrogen) atoms. The van der Waals surface area contributed by atoms with Gasteiger partial charge >= 0.3 is 5.97 Å². The molecule has 11 N–H and O–H groups in total. The number of benzene rings is 1. The molecule has 1 aromatic carbocycles. The summed E-state index contributed by atoms with van der Waals surface area (Å²) >= 11 is 0. The van der Waals surface area contributed by atoms with E-state index in [0.717, 1.165) is 0 Å². The Hall–Kier alpha value is -4.20. The Bertz CT molecular complexity index is 997. The maximum atomic E-state index is 13.0. The Labute approximate surface area is 213 Å². The van der Waals surface area contributed by atoms with Gasteiger partial charge in [-0.15, -0.1) is 0 Å². The van der Waals surface area contributed by atoms with Crippen LogP contribution in [0.5, 0.6) is 5.75 Å². The molecule has 4 unspecified atom stereocenters. The standard InChI is InChI=1S/C23H34N6O8/c1-11(2)19(23(36)37)29-22(35)15(9-12-3-5-13(30)6-4-12)28-21(34)16(10-18(26)32)27-20(33)14(24)7-8-17(25)31/h3-6,11,14-16,19,30H,7-10,24H2,1-2H3,(H2,25,31)(H2,26,32)(H,27,33)(H,28,34)(H,29,35)(H,36,37). The fourth-order valence-electron chi connectivity index (χ4n) is 3.23. The largest absolute Gasteiger partial charge is 0.508 e. The zero-order valence-corrected chi connectivity index (χ0v) is 20.6. The van der Waals surface area contributed by atoms with Crippen molar-refractivity contribution in [1.82, 2.24) is 16.0 Å². The number of carbonyl (C=O) groups is 6. The normalized spacial score (nSPS) is 14.1. The molecule has 0 aliphatic heterocycles. The molecule has 0 aromatic heterocycles. The fraction of sp³-hybridized carbons (Fsp3) is 0.478. The lowest BCUT2D eigenvalue weighted by Crippen LogP contribution is -2.58. The number of carboxylic acids is 1. The van der Waals surface area contributed by atoms with Gasteiger partial charge in [-0.25, -0.2) is 4.79 Å². The summed E-state index contributed by atoms with van der Waals surface area (Å²) in [5.41, 5.74) is 16.5. The first-order valence-electron chi connectivity index (χ1n) is 11.4. The molecule has 204 valence electrons. The predicted octanol–water partition coefficient (Wildman–Crippen LogP) is -2.40. The van der Waals surface area contributed by atoms with Crippen molar-refractivity contribution in [2.24, 2.45) is 23.1 Å². The van der Waals surface area contributed by atoms with Crippen LogP contribution in [-0.2, 0) is 35.2 Å². The monoisotopic (exact) mass is 522 g/mol. The van der Waals surface area contributed by atoms with E-state index in [9.17, 15) is 39.0 Å². The number of phenolic OH excluding ortho intramolecular Hbond substituents is 1. The Morgan fingerprint density at radius 1 is 0.838 bits per heavy atom. The molecule has 1 rings (SSSR count). The van der Waals surface area contributed by atoms with Crippen LogP contribution in [0, 0.1) is 5.92 Å². The second kappa shape index (κ2) is 14.4. The lowest BCUT2D eigenvalue weighted by atomic mass is 10.0. The second-order valence-corrected chi connectivity index (χ2v) is 8.84. The van der Waals surface area contributed by atoms with Crippen LogP contribution >= 0.6 is 0 Å². The van der Waals surface area contributed by atoms with Crippen molar-refractivity contribution in [2.45, 2.75) is 63.7 Å². The molecule has 0 bridgehead atoms. The number of hydrogen-bond donors (Lipinski definition) is 8. The summed E-state index contributed by atoms with van der Waals surface area (Å²) in [4.78, 5) is 72.5. The van der Waals surface area contributed by atoms with Gasteiger partial charge in [-0.3, -0.25) is 24.0 Å². The number of carbonyl (C=O) groups excluding carboxylic acids is 5. The van der Waals surface area contributed by atoms with E-state index in [1.165, 1.54) is 24.3 Å². The smallest absolute Gasteiger partial charge is 0.326 e. The summed E-state index contributed by atoms with van der Waals surface area (Å²) in [6, 6.07) is 0.422. The van der Waals surface area contributed by atoms with E-state index in [4.69, 9.17) is 17.2 Å². The van der Waals surface area contributed by atoms with Crippen LogP contribution in [-0.4, -0.2) is 69.9 Å². The highest BCUT2D eigenvalue weighted by Crippen LogP contribution is 2.12. The molecule has 14 heteroatoms. The number of nitrogens with two attached hydrogens (primary N) is 3. The Morgan fingerprint density at radius 3 is 1.86 bits per heavy atom. The summed E-state index contributed by atoms with van der Waals surface area (Å²) < 4.78 is 0. The average Bonchev–Trinajstić information content (AvgIpc) is 2.80. The van der Waals surface area contributed by atoms with E-state index in [1.807, 2.05) is 0 Å². The fourth-order valence-corrected chi connectivity index (χ4v) is 3.23. The molecule has 14 nitrogen and oxygen atoms in total. The van der Waals surface area contributed by atoms with Crippen molar-refractivity contribution in [3.63, 3.8) is 0 Å². The summed E-state index contributed by atoms with van der Waals surface area (Å²) in [5, 5.41) is 26.0. The molecule has 0 heterocycles. The molecule has 0 fully saturated rings. The van der Waals surface area contributed by atoms with Gasteiger partial charge in [0.15, 0.2) is 0 Å². The number of aliphatic carboxylic acids is 1. The third kappa shape index (κ3) is 10.9. The summed E-state index contributed by atoms with van der Waals surface area (Å²) in [6.07, 6.45) is -1.03. The van der Waals surface area contributed by atoms with E-state index in [0.29, 0.717) is 5.56 Å². The van der Waals surface area contributed by atoms with Crippen LogP contribution in [0.1, 0.15) is 38.7 Å². The van der Waals surface area contributed by atoms with Gasteiger partial charge in [-0.2, -0.15) is 0 Å². The van der Waals surface area contributed by atoms with Gasteiger partial charge in [-0.05, 0) is 30.0 Å². The Balaban J connectivity index is 3.14. The Morgan fingerprint density at radius 2 is 1.38 bits per heavy atom. The van der Waals surface area contributed by atoms with Crippen LogP contribution in [0.4, 0.5) is 0 Å². The van der Waals surface area contributed by atoms with Crippen molar-refractivity contribution in [3.05, 3.63) is 29.8 Å². The number of phenols is 1. The van der Waals surface area contributed by atoms with Crippen LogP contribution in [0.3, 0.4) is 0 Å². The maximum absolute atomic E-state index is 13.0. The Kier molecular flexibility index (Phi) is 12.0. The zero-order valence-electron chi connectivity index (χ0n) is 20.6. The molecule has 1 aromatic rings. The molecule has 0 saturated carbocycles. The molecular weight excluding hydrogens is 488 g/mol. The second-order valence-electron chi connectivity index (χ2n) is 8.84. The van der Waals surface area contributed by atoms with Crippen molar-refractivity contribution >= 4 is 35.5 Å². The summed E-state index contributed by atoms with van der Waals surface area (Å²) in [5.74, 6) is -6.04. The summed E-state index contributed by atoms with van der Waals surface area (Å²) in [6.45, 7) is 3.18. The number of rotatable bonds is 15. The van der Waals surface area contributed by atoms with E-state index in [2.05, 4.69) is 16.0 Å². The quantitative estimate of drug-likeness (QED) is 0.122. The molecule has 0 spiro atoms. The molecule has 4 atom stereocenters. The van der Waals surface area contributed by atoms with Crippen LogP contribution < -0.4 is 33.2 Å². The van der Waals surface area contributed by atoms with Gasteiger partial charge in [0.2, 0.25) is 29.5 Å². The van der Waals surface area contributed by atoms with Crippen LogP contribution in [0.2, 0.25) is 0 Å². The highest BCUT2D eigenvalue weighted by molar-refractivity contribution is 5.96. The molecule has 0 radical (unpaired) electrons. The minimum Gasteiger partial charge on any atom is -0.508 e. The lowest BCUT2D eigenvalue weighted by molar-refractivity contribution is -0.143. The SMILES string of the molecule is CC(C)C(NC(=O)C(Cc1ccc(O)cc1)NC(=O)C(CC(N)=O)NC(=O)C(N)CCC(N)=O)C(=O)O. The van der Waals surface area contributed by atoms with Crippen molar-refractivity contribution in [2.75, 3.05) is 0 Å². The number of carboxylic acid groups (broad SMARTS) is 1. The molecule has 0 aliphatic rings. The first kappa shape index (κ1) is 30.8. The van der Waals surface area contributed by atoms with Crippen molar-refractivity contribution < 1.29 is 39.0 Å². The lowest BCUT2D eigenvalue weighted by Gasteiger charge is -2.26. The number of aromatic hydroxyl groups is 1. The summed E-state index contributed by atoms with van der Waals surface area (Å²) in [7, 11) is 0. The topological polar surface area (TPSA) is 257 Å². The third-order valence-electron chi connectivity index (χ3n) is 5.32. The third-order valence-corrected chi connectivity index (χ3v) is 5.32. The average molecular weight is 523 g/mol. The van der Waals surface area contributed by atoms with E-state index in [1.54, 1.807) is 13.8 Å². The van der Waals surface area contributed by atoms with Gasteiger partial charge in [0.05, 0.1) is 12.5 Å². The highest BCUT2D eigenvalue weighted by atomic mass is 16.4. The number of primary amides is 2. The zero-order chi connectivity index (χ0) is 28.3. The predicted molar refractivity (Wildman–Crippen MR) is 130 cm³/mol. The van der Waals surface area contributed by atoms with Crippen molar-refractivity contribution in [3.8, 4) is 5.75 Å². The number of hydrogen-bond acceptors (Lipinski definition) is 8. The van der Waals surface area contributed by atoms with Crippen molar-refractivity contribution in [1.29, 1.82) is 0 Å². The van der Waals surface area contributed by atoms with E-state index >= 15 is 0 Å². The highest BCUT2D eigenvalue weighted by Gasteiger charge is 2.32. The maximum Gasteiger partial charge on any atom is 0.326 e. The van der Waals surface area contributed by atoms with Crippen LogP contribution in [0.25, 0.3) is 0 Å². The minimum atomic E-state index is -1.51. The van der Waals surface area contributed by atoms with Gasteiger partial charge in [0.25, 0.3) is 0 Å². The van der Waals surface area contributed by atoms with Gasteiger partial charge in [0, 0.05) is 12.8 Å². The molecule has 0 aliphatic carbocycles. The minimum absolute atomic E-state index is 0.0311. The molecule has 5 amide bonds.